The van der Waals surface area contributed by atoms with E-state index in [1.807, 2.05) is 4.90 Å². The van der Waals surface area contributed by atoms with E-state index < -0.39 is 5.97 Å². The standard InChI is InChI=1S/C15H26N2O4/c18-9-3-7-13-6-2-8-17(13)15(21)16-12-5-1-4-11(10-12)14(19)20/h11-13,18H,1-10H2,(H,16,21)(H,19,20). The van der Waals surface area contributed by atoms with Crippen molar-refractivity contribution in [2.45, 2.75) is 63.5 Å². The summed E-state index contributed by atoms with van der Waals surface area (Å²) in [6, 6.07) is 0.133. The number of amides is 2. The summed E-state index contributed by atoms with van der Waals surface area (Å²) >= 11 is 0. The molecule has 2 aliphatic rings. The zero-order chi connectivity index (χ0) is 15.2. The van der Waals surface area contributed by atoms with Gasteiger partial charge in [-0.25, -0.2) is 4.79 Å². The molecule has 2 amide bonds. The number of aliphatic hydroxyl groups excluding tert-OH is 1. The minimum atomic E-state index is -0.754. The highest BCUT2D eigenvalue weighted by molar-refractivity contribution is 5.75. The number of urea groups is 1. The van der Waals surface area contributed by atoms with Crippen LogP contribution in [0.4, 0.5) is 4.79 Å². The first-order valence-corrected chi connectivity index (χ1v) is 8.02. The molecule has 0 aromatic rings. The zero-order valence-electron chi connectivity index (χ0n) is 12.5. The van der Waals surface area contributed by atoms with Crippen molar-refractivity contribution in [3.05, 3.63) is 0 Å². The summed E-state index contributed by atoms with van der Waals surface area (Å²) < 4.78 is 0. The number of carboxylic acid groups (broad SMARTS) is 1. The Morgan fingerprint density at radius 1 is 1.19 bits per heavy atom. The molecule has 0 radical (unpaired) electrons. The van der Waals surface area contributed by atoms with Crippen molar-refractivity contribution in [3.63, 3.8) is 0 Å². The molecule has 1 aliphatic carbocycles. The van der Waals surface area contributed by atoms with E-state index in [4.69, 9.17) is 10.2 Å². The van der Waals surface area contributed by atoms with Crippen LogP contribution in [0.1, 0.15) is 51.4 Å². The van der Waals surface area contributed by atoms with Crippen molar-refractivity contribution in [1.82, 2.24) is 10.2 Å². The maximum Gasteiger partial charge on any atom is 0.317 e. The number of aliphatic carboxylic acids is 1. The Morgan fingerprint density at radius 2 is 2.00 bits per heavy atom. The van der Waals surface area contributed by atoms with Crippen molar-refractivity contribution < 1.29 is 19.8 Å². The van der Waals surface area contributed by atoms with Gasteiger partial charge in [-0.2, -0.15) is 0 Å². The van der Waals surface area contributed by atoms with E-state index >= 15 is 0 Å². The fourth-order valence-corrected chi connectivity index (χ4v) is 3.53. The van der Waals surface area contributed by atoms with E-state index in [-0.39, 0.29) is 30.6 Å². The molecule has 0 aromatic carbocycles. The molecule has 1 saturated heterocycles. The lowest BCUT2D eigenvalue weighted by Crippen LogP contribution is -2.48. The molecule has 6 heteroatoms. The topological polar surface area (TPSA) is 89.9 Å². The minimum Gasteiger partial charge on any atom is -0.481 e. The van der Waals surface area contributed by atoms with Crippen molar-refractivity contribution >= 4 is 12.0 Å². The monoisotopic (exact) mass is 298 g/mol. The van der Waals surface area contributed by atoms with Gasteiger partial charge in [0, 0.05) is 25.2 Å². The van der Waals surface area contributed by atoms with Crippen LogP contribution in [0, 0.1) is 5.92 Å². The van der Waals surface area contributed by atoms with Crippen LogP contribution in [-0.2, 0) is 4.79 Å². The number of rotatable bonds is 5. The van der Waals surface area contributed by atoms with Gasteiger partial charge in [0.05, 0.1) is 5.92 Å². The van der Waals surface area contributed by atoms with Crippen LogP contribution in [-0.4, -0.2) is 52.3 Å². The molecular weight excluding hydrogens is 272 g/mol. The van der Waals surface area contributed by atoms with Crippen LogP contribution in [0.15, 0.2) is 0 Å². The van der Waals surface area contributed by atoms with Gasteiger partial charge < -0.3 is 20.4 Å². The minimum absolute atomic E-state index is 0.0218. The van der Waals surface area contributed by atoms with E-state index in [0.717, 1.165) is 45.1 Å². The van der Waals surface area contributed by atoms with Gasteiger partial charge >= 0.3 is 12.0 Å². The summed E-state index contributed by atoms with van der Waals surface area (Å²) in [5.74, 6) is -1.08. The number of hydrogen-bond acceptors (Lipinski definition) is 3. The summed E-state index contributed by atoms with van der Waals surface area (Å²) in [5, 5.41) is 21.0. The predicted molar refractivity (Wildman–Crippen MR) is 78.0 cm³/mol. The van der Waals surface area contributed by atoms with Crippen LogP contribution < -0.4 is 5.32 Å². The summed E-state index contributed by atoms with van der Waals surface area (Å²) in [6.07, 6.45) is 6.54. The highest BCUT2D eigenvalue weighted by Crippen LogP contribution is 2.26. The second kappa shape index (κ2) is 7.64. The number of carbonyl (C=O) groups excluding carboxylic acids is 1. The third-order valence-electron chi connectivity index (χ3n) is 4.68. The van der Waals surface area contributed by atoms with Gasteiger partial charge in [0.15, 0.2) is 0 Å². The van der Waals surface area contributed by atoms with E-state index in [1.54, 1.807) is 0 Å². The normalized spacial score (nSPS) is 29.4. The molecule has 3 unspecified atom stereocenters. The summed E-state index contributed by atoms with van der Waals surface area (Å²) in [7, 11) is 0. The van der Waals surface area contributed by atoms with Crippen LogP contribution in [0.5, 0.6) is 0 Å². The van der Waals surface area contributed by atoms with Gasteiger partial charge in [-0.15, -0.1) is 0 Å². The predicted octanol–water partition coefficient (Wildman–Crippen LogP) is 1.58. The molecule has 21 heavy (non-hydrogen) atoms. The molecule has 1 heterocycles. The summed E-state index contributed by atoms with van der Waals surface area (Å²) in [5.41, 5.74) is 0. The molecule has 3 atom stereocenters. The van der Waals surface area contributed by atoms with E-state index in [0.29, 0.717) is 12.8 Å². The highest BCUT2D eigenvalue weighted by Gasteiger charge is 2.32. The lowest BCUT2D eigenvalue weighted by Gasteiger charge is -2.31. The first-order chi connectivity index (χ1) is 10.1. The lowest BCUT2D eigenvalue weighted by atomic mass is 9.86. The van der Waals surface area contributed by atoms with Gasteiger partial charge in [-0.1, -0.05) is 6.42 Å². The molecule has 6 nitrogen and oxygen atoms in total. The third-order valence-corrected chi connectivity index (χ3v) is 4.68. The highest BCUT2D eigenvalue weighted by atomic mass is 16.4. The Bertz CT molecular complexity index is 375. The second-order valence-corrected chi connectivity index (χ2v) is 6.20. The number of nitrogens with zero attached hydrogens (tertiary/aromatic N) is 1. The quantitative estimate of drug-likeness (QED) is 0.719. The van der Waals surface area contributed by atoms with Crippen molar-refractivity contribution in [3.8, 4) is 0 Å². The number of likely N-dealkylation sites (tertiary alicyclic amines) is 1. The first-order valence-electron chi connectivity index (χ1n) is 8.02. The Hall–Kier alpha value is -1.30. The Labute approximate surface area is 125 Å². The van der Waals surface area contributed by atoms with Crippen LogP contribution in [0.3, 0.4) is 0 Å². The molecule has 2 fully saturated rings. The van der Waals surface area contributed by atoms with Crippen molar-refractivity contribution in [2.24, 2.45) is 5.92 Å². The molecular formula is C15H26N2O4. The number of carbonyl (C=O) groups is 2. The smallest absolute Gasteiger partial charge is 0.317 e. The maximum absolute atomic E-state index is 12.4. The fourth-order valence-electron chi connectivity index (χ4n) is 3.53. The van der Waals surface area contributed by atoms with Gasteiger partial charge in [-0.3, -0.25) is 4.79 Å². The SMILES string of the molecule is O=C(O)C1CCCC(NC(=O)N2CCCC2CCCO)C1. The molecule has 2 rings (SSSR count). The van der Waals surface area contributed by atoms with Gasteiger partial charge in [0.1, 0.15) is 0 Å². The molecule has 1 aliphatic heterocycles. The van der Waals surface area contributed by atoms with Crippen LogP contribution in [0.25, 0.3) is 0 Å². The average molecular weight is 298 g/mol. The largest absolute Gasteiger partial charge is 0.481 e. The molecule has 0 spiro atoms. The average Bonchev–Trinajstić information content (AvgIpc) is 2.93. The van der Waals surface area contributed by atoms with Crippen molar-refractivity contribution in [1.29, 1.82) is 0 Å². The summed E-state index contributed by atoms with van der Waals surface area (Å²) in [4.78, 5) is 25.3. The Morgan fingerprint density at radius 3 is 2.71 bits per heavy atom. The van der Waals surface area contributed by atoms with Crippen LogP contribution in [0.2, 0.25) is 0 Å². The Kier molecular flexibility index (Phi) is 5.85. The number of aliphatic hydroxyl groups is 1. The first kappa shape index (κ1) is 16.1. The fraction of sp³-hybridized carbons (Fsp3) is 0.867. The number of carboxylic acids is 1. The number of hydrogen-bond donors (Lipinski definition) is 3. The maximum atomic E-state index is 12.4. The van der Waals surface area contributed by atoms with Gasteiger partial charge in [0.25, 0.3) is 0 Å². The molecule has 0 bridgehead atoms. The lowest BCUT2D eigenvalue weighted by molar-refractivity contribution is -0.143. The van der Waals surface area contributed by atoms with Crippen molar-refractivity contribution in [2.75, 3.05) is 13.2 Å². The molecule has 1 saturated carbocycles. The molecule has 0 aromatic heterocycles. The van der Waals surface area contributed by atoms with Crippen LogP contribution >= 0.6 is 0 Å². The van der Waals surface area contributed by atoms with Gasteiger partial charge in [-0.05, 0) is 44.9 Å². The van der Waals surface area contributed by atoms with E-state index in [1.165, 1.54) is 0 Å². The number of nitrogens with one attached hydrogen (secondary N) is 1. The second-order valence-electron chi connectivity index (χ2n) is 6.20. The molecule has 3 N–H and O–H groups in total. The zero-order valence-corrected chi connectivity index (χ0v) is 12.5. The van der Waals surface area contributed by atoms with E-state index in [9.17, 15) is 9.59 Å². The third kappa shape index (κ3) is 4.33. The molecule has 120 valence electrons. The summed E-state index contributed by atoms with van der Waals surface area (Å²) in [6.45, 7) is 0.923. The van der Waals surface area contributed by atoms with E-state index in [2.05, 4.69) is 5.32 Å². The van der Waals surface area contributed by atoms with Gasteiger partial charge in [0.2, 0.25) is 0 Å². The Balaban J connectivity index is 1.84.